The minimum Gasteiger partial charge on any atom is -0.350 e. The second-order valence-corrected chi connectivity index (χ2v) is 8.08. The molecule has 2 N–H and O–H groups in total. The molecule has 1 atom stereocenters. The van der Waals surface area contributed by atoms with E-state index in [0.717, 1.165) is 12.1 Å². The maximum Gasteiger partial charge on any atom is 0.241 e. The lowest BCUT2D eigenvalue weighted by atomic mass is 10.1. The van der Waals surface area contributed by atoms with E-state index in [2.05, 4.69) is 10.6 Å². The molecule has 0 radical (unpaired) electrons. The Kier molecular flexibility index (Phi) is 6.59. The van der Waals surface area contributed by atoms with E-state index >= 15 is 0 Å². The van der Waals surface area contributed by atoms with Crippen molar-refractivity contribution in [1.29, 1.82) is 0 Å². The summed E-state index contributed by atoms with van der Waals surface area (Å²) in [5.41, 5.74) is 1.12. The molecule has 27 heavy (non-hydrogen) atoms. The second kappa shape index (κ2) is 8.52. The highest BCUT2D eigenvalue weighted by Crippen LogP contribution is 2.24. The Hall–Kier alpha value is -2.41. The first kappa shape index (κ1) is 20.9. The molecule has 1 fully saturated rings. The Bertz CT molecular complexity index is 711. The average Bonchev–Trinajstić information content (AvgIpc) is 2.98. The molecule has 0 aliphatic carbocycles. The van der Waals surface area contributed by atoms with Gasteiger partial charge in [-0.15, -0.1) is 0 Å². The van der Waals surface area contributed by atoms with Crippen LogP contribution in [0.4, 0.5) is 11.4 Å². The van der Waals surface area contributed by atoms with Crippen molar-refractivity contribution in [2.45, 2.75) is 52.1 Å². The molecule has 2 rings (SSSR count). The van der Waals surface area contributed by atoms with Crippen LogP contribution >= 0.6 is 0 Å². The smallest absolute Gasteiger partial charge is 0.241 e. The summed E-state index contributed by atoms with van der Waals surface area (Å²) in [6, 6.07) is 6.81. The number of amides is 3. The number of anilines is 2. The molecule has 0 saturated carbocycles. The van der Waals surface area contributed by atoms with E-state index in [1.807, 2.05) is 32.9 Å². The van der Waals surface area contributed by atoms with Gasteiger partial charge in [-0.1, -0.05) is 6.07 Å². The third-order valence-electron chi connectivity index (χ3n) is 4.45. The number of rotatable bonds is 6. The third kappa shape index (κ3) is 6.06. The molecule has 1 aliphatic rings. The zero-order valence-corrected chi connectivity index (χ0v) is 16.8. The van der Waals surface area contributed by atoms with Crippen molar-refractivity contribution in [2.24, 2.45) is 0 Å². The molecular formula is C20H30N4O3. The van der Waals surface area contributed by atoms with Crippen molar-refractivity contribution < 1.29 is 14.4 Å². The van der Waals surface area contributed by atoms with Gasteiger partial charge in [0.1, 0.15) is 0 Å². The van der Waals surface area contributed by atoms with E-state index in [1.165, 1.54) is 0 Å². The molecule has 148 valence electrons. The van der Waals surface area contributed by atoms with E-state index < -0.39 is 6.04 Å². The van der Waals surface area contributed by atoms with E-state index in [1.54, 1.807) is 35.9 Å². The predicted molar refractivity (Wildman–Crippen MR) is 107 cm³/mol. The maximum absolute atomic E-state index is 12.6. The Balaban J connectivity index is 1.95. The van der Waals surface area contributed by atoms with Crippen molar-refractivity contribution in [3.8, 4) is 0 Å². The number of nitrogens with one attached hydrogen (secondary N) is 2. The zero-order valence-electron chi connectivity index (χ0n) is 16.8. The minimum absolute atomic E-state index is 0.108. The third-order valence-corrected chi connectivity index (χ3v) is 4.45. The van der Waals surface area contributed by atoms with Crippen LogP contribution in [0.1, 0.15) is 40.5 Å². The molecule has 1 aliphatic heterocycles. The number of carbonyl (C=O) groups is 3. The highest BCUT2D eigenvalue weighted by molar-refractivity contribution is 5.98. The highest BCUT2D eigenvalue weighted by atomic mass is 16.2. The lowest BCUT2D eigenvalue weighted by Gasteiger charge is -2.26. The molecule has 1 aromatic carbocycles. The van der Waals surface area contributed by atoms with Gasteiger partial charge in [-0.3, -0.25) is 19.3 Å². The average molecular weight is 374 g/mol. The van der Waals surface area contributed by atoms with Crippen molar-refractivity contribution in [3.63, 3.8) is 0 Å². The van der Waals surface area contributed by atoms with Gasteiger partial charge in [-0.05, 0) is 59.4 Å². The normalized spacial score (nSPS) is 15.8. The minimum atomic E-state index is -0.479. The fourth-order valence-electron chi connectivity index (χ4n) is 2.94. The van der Waals surface area contributed by atoms with Crippen molar-refractivity contribution in [1.82, 2.24) is 10.2 Å². The first-order valence-electron chi connectivity index (χ1n) is 9.29. The monoisotopic (exact) mass is 374 g/mol. The van der Waals surface area contributed by atoms with E-state index in [9.17, 15) is 14.4 Å². The largest absolute Gasteiger partial charge is 0.350 e. The first-order valence-corrected chi connectivity index (χ1v) is 9.29. The van der Waals surface area contributed by atoms with Crippen LogP contribution in [0.25, 0.3) is 0 Å². The van der Waals surface area contributed by atoms with Gasteiger partial charge in [0.05, 0.1) is 12.6 Å². The fourth-order valence-corrected chi connectivity index (χ4v) is 2.94. The summed E-state index contributed by atoms with van der Waals surface area (Å²) >= 11 is 0. The van der Waals surface area contributed by atoms with E-state index in [4.69, 9.17) is 0 Å². The molecule has 7 heteroatoms. The van der Waals surface area contributed by atoms with Gasteiger partial charge in [0.15, 0.2) is 0 Å². The predicted octanol–water partition coefficient (Wildman–Crippen LogP) is 1.99. The van der Waals surface area contributed by atoms with Crippen LogP contribution < -0.4 is 15.5 Å². The van der Waals surface area contributed by atoms with Gasteiger partial charge in [0.25, 0.3) is 0 Å². The van der Waals surface area contributed by atoms with Gasteiger partial charge in [-0.25, -0.2) is 0 Å². The molecule has 3 amide bonds. The molecule has 1 aromatic rings. The van der Waals surface area contributed by atoms with E-state index in [0.29, 0.717) is 18.7 Å². The number of hydrogen-bond acceptors (Lipinski definition) is 4. The number of hydrogen-bond donors (Lipinski definition) is 2. The molecule has 1 unspecified atom stereocenters. The summed E-state index contributed by atoms with van der Waals surface area (Å²) in [6.45, 7) is 8.34. The summed E-state index contributed by atoms with van der Waals surface area (Å²) in [7, 11) is 1.74. The number of nitrogens with zero attached hydrogens (tertiary/aromatic N) is 2. The Labute approximate surface area is 161 Å². The van der Waals surface area contributed by atoms with Crippen LogP contribution in [0.3, 0.4) is 0 Å². The van der Waals surface area contributed by atoms with Gasteiger partial charge < -0.3 is 15.5 Å². The first-order chi connectivity index (χ1) is 12.6. The number of benzene rings is 1. The van der Waals surface area contributed by atoms with Gasteiger partial charge >= 0.3 is 0 Å². The van der Waals surface area contributed by atoms with Gasteiger partial charge in [0.2, 0.25) is 17.7 Å². The summed E-state index contributed by atoms with van der Waals surface area (Å²) in [4.78, 5) is 39.9. The Morgan fingerprint density at radius 2 is 2.00 bits per heavy atom. The van der Waals surface area contributed by atoms with Crippen LogP contribution in [-0.4, -0.2) is 54.3 Å². The van der Waals surface area contributed by atoms with Crippen molar-refractivity contribution in [2.75, 3.05) is 30.4 Å². The van der Waals surface area contributed by atoms with Crippen molar-refractivity contribution in [3.05, 3.63) is 24.3 Å². The molecule has 7 nitrogen and oxygen atoms in total. The van der Waals surface area contributed by atoms with Crippen LogP contribution in [0.15, 0.2) is 24.3 Å². The zero-order chi connectivity index (χ0) is 20.2. The number of likely N-dealkylation sites (N-methyl/N-ethyl adjacent to an activating group) is 1. The maximum atomic E-state index is 12.6. The Morgan fingerprint density at radius 1 is 1.30 bits per heavy atom. The topological polar surface area (TPSA) is 81.8 Å². The van der Waals surface area contributed by atoms with Crippen LogP contribution in [0.2, 0.25) is 0 Å². The quantitative estimate of drug-likeness (QED) is 0.798. The Morgan fingerprint density at radius 3 is 2.59 bits per heavy atom. The molecule has 1 saturated heterocycles. The molecule has 0 aromatic heterocycles. The summed E-state index contributed by atoms with van der Waals surface area (Å²) in [6.07, 6.45) is 1.42. The lowest BCUT2D eigenvalue weighted by Crippen LogP contribution is -2.49. The summed E-state index contributed by atoms with van der Waals surface area (Å²) in [5.74, 6) is -0.221. The number of carbonyl (C=O) groups excluding carboxylic acids is 3. The standard InChI is InChI=1S/C20H30N4O3/c1-14(23(5)13-17(25)22-20(2,3)4)19(27)21-15-8-6-9-16(12-15)24-11-7-10-18(24)26/h6,8-9,12,14H,7,10-11,13H2,1-5H3,(H,21,27)(H,22,25). The van der Waals surface area contributed by atoms with Gasteiger partial charge in [-0.2, -0.15) is 0 Å². The molecule has 0 spiro atoms. The lowest BCUT2D eigenvalue weighted by molar-refractivity contribution is -0.125. The molecular weight excluding hydrogens is 344 g/mol. The van der Waals surface area contributed by atoms with E-state index in [-0.39, 0.29) is 29.8 Å². The SMILES string of the molecule is CC(C(=O)Nc1cccc(N2CCCC2=O)c1)N(C)CC(=O)NC(C)(C)C. The highest BCUT2D eigenvalue weighted by Gasteiger charge is 2.24. The molecule has 0 bridgehead atoms. The summed E-state index contributed by atoms with van der Waals surface area (Å²) < 4.78 is 0. The molecule has 1 heterocycles. The van der Waals surface area contributed by atoms with Gasteiger partial charge in [0, 0.05) is 29.9 Å². The van der Waals surface area contributed by atoms with Crippen LogP contribution in [0.5, 0.6) is 0 Å². The fraction of sp³-hybridized carbons (Fsp3) is 0.550. The summed E-state index contributed by atoms with van der Waals surface area (Å²) in [5, 5.41) is 5.76. The second-order valence-electron chi connectivity index (χ2n) is 8.08. The van der Waals surface area contributed by atoms with Crippen LogP contribution in [-0.2, 0) is 14.4 Å². The van der Waals surface area contributed by atoms with Crippen LogP contribution in [0, 0.1) is 0 Å². The van der Waals surface area contributed by atoms with Crippen molar-refractivity contribution >= 4 is 29.1 Å².